The van der Waals surface area contributed by atoms with Crippen LogP contribution in [0.5, 0.6) is 5.75 Å². The van der Waals surface area contributed by atoms with Gasteiger partial charge in [0, 0.05) is 30.7 Å². The highest BCUT2D eigenvalue weighted by atomic mass is 16.6. The highest BCUT2D eigenvalue weighted by molar-refractivity contribution is 5.95. The van der Waals surface area contributed by atoms with Crippen molar-refractivity contribution in [2.45, 2.75) is 12.5 Å². The van der Waals surface area contributed by atoms with Gasteiger partial charge >= 0.3 is 5.69 Å². The fourth-order valence-electron chi connectivity index (χ4n) is 3.00. The van der Waals surface area contributed by atoms with E-state index < -0.39 is 16.4 Å². The van der Waals surface area contributed by atoms with Crippen LogP contribution >= 0.6 is 0 Å². The van der Waals surface area contributed by atoms with Crippen LogP contribution in [0.1, 0.15) is 28.4 Å². The van der Waals surface area contributed by atoms with E-state index in [0.29, 0.717) is 13.2 Å². The Balaban J connectivity index is 1.64. The highest BCUT2D eigenvalue weighted by Gasteiger charge is 2.30. The van der Waals surface area contributed by atoms with Crippen molar-refractivity contribution in [1.82, 2.24) is 5.32 Å². The third-order valence-corrected chi connectivity index (χ3v) is 4.30. The van der Waals surface area contributed by atoms with E-state index in [0.717, 1.165) is 24.1 Å². The average molecular weight is 342 g/mol. The second kappa shape index (κ2) is 7.31. The number of nitrogens with zero attached hydrogens (tertiary/aromatic N) is 1. The summed E-state index contributed by atoms with van der Waals surface area (Å²) in [6, 6.07) is 13.4. The molecular weight excluding hydrogens is 324 g/mol. The molecule has 2 aromatic rings. The number of aromatic hydroxyl groups is 1. The first kappa shape index (κ1) is 16.9. The summed E-state index contributed by atoms with van der Waals surface area (Å²) in [5, 5.41) is 23.2. The number of phenols is 1. The summed E-state index contributed by atoms with van der Waals surface area (Å²) in [5.74, 6) is -0.758. The molecule has 0 aliphatic carbocycles. The molecule has 0 aromatic heterocycles. The first-order valence-electron chi connectivity index (χ1n) is 7.98. The van der Waals surface area contributed by atoms with Crippen molar-refractivity contribution in [2.24, 2.45) is 5.92 Å². The van der Waals surface area contributed by atoms with Gasteiger partial charge in [-0.2, -0.15) is 0 Å². The normalized spacial score (nSPS) is 19.5. The van der Waals surface area contributed by atoms with E-state index in [1.165, 1.54) is 6.07 Å². The second-order valence-electron chi connectivity index (χ2n) is 5.92. The average Bonchev–Trinajstić information content (AvgIpc) is 3.08. The first-order chi connectivity index (χ1) is 12.1. The number of nitro benzene ring substituents is 1. The van der Waals surface area contributed by atoms with Crippen LogP contribution in [0.4, 0.5) is 5.69 Å². The van der Waals surface area contributed by atoms with E-state index >= 15 is 0 Å². The number of amides is 1. The van der Waals surface area contributed by atoms with Crippen molar-refractivity contribution in [2.75, 3.05) is 13.2 Å². The fourth-order valence-corrected chi connectivity index (χ4v) is 3.00. The van der Waals surface area contributed by atoms with Gasteiger partial charge in [0.2, 0.25) is 0 Å². The summed E-state index contributed by atoms with van der Waals surface area (Å²) < 4.78 is 5.78. The van der Waals surface area contributed by atoms with Crippen molar-refractivity contribution < 1.29 is 19.6 Å². The van der Waals surface area contributed by atoms with E-state index in [-0.39, 0.29) is 23.5 Å². The lowest BCUT2D eigenvalue weighted by atomic mass is 9.95. The van der Waals surface area contributed by atoms with Crippen molar-refractivity contribution >= 4 is 11.6 Å². The molecule has 130 valence electrons. The molecule has 2 atom stereocenters. The number of hydrogen-bond donors (Lipinski definition) is 2. The van der Waals surface area contributed by atoms with E-state index in [1.54, 1.807) is 0 Å². The van der Waals surface area contributed by atoms with Gasteiger partial charge in [-0.3, -0.25) is 14.9 Å². The maximum Gasteiger partial charge on any atom is 0.310 e. The number of rotatable bonds is 5. The molecule has 0 spiro atoms. The van der Waals surface area contributed by atoms with Crippen LogP contribution in [0.2, 0.25) is 0 Å². The SMILES string of the molecule is O=C(NC[C@H]1CCO[C@@H]1c1ccccc1)c1ccc([N+](=O)[O-])c(O)c1. The number of carbonyl (C=O) groups is 1. The van der Waals surface area contributed by atoms with Crippen molar-refractivity contribution in [3.63, 3.8) is 0 Å². The van der Waals surface area contributed by atoms with Gasteiger partial charge in [-0.05, 0) is 24.1 Å². The van der Waals surface area contributed by atoms with Gasteiger partial charge in [0.15, 0.2) is 5.75 Å². The fraction of sp³-hybridized carbons (Fsp3) is 0.278. The Hall–Kier alpha value is -2.93. The van der Waals surface area contributed by atoms with Crippen LogP contribution in [0.25, 0.3) is 0 Å². The molecule has 0 radical (unpaired) electrons. The molecule has 1 fully saturated rings. The lowest BCUT2D eigenvalue weighted by Crippen LogP contribution is -2.30. The van der Waals surface area contributed by atoms with E-state index in [1.807, 2.05) is 30.3 Å². The summed E-state index contributed by atoms with van der Waals surface area (Å²) in [7, 11) is 0. The number of hydrogen-bond acceptors (Lipinski definition) is 5. The zero-order valence-electron chi connectivity index (χ0n) is 13.4. The number of nitro groups is 1. The molecule has 7 nitrogen and oxygen atoms in total. The minimum atomic E-state index is -0.697. The predicted molar refractivity (Wildman–Crippen MR) is 90.3 cm³/mol. The van der Waals surface area contributed by atoms with Crippen LogP contribution in [0, 0.1) is 16.0 Å². The van der Waals surface area contributed by atoms with Gasteiger partial charge in [-0.15, -0.1) is 0 Å². The molecule has 0 unspecified atom stereocenters. The van der Waals surface area contributed by atoms with Gasteiger partial charge in [-0.1, -0.05) is 30.3 Å². The number of nitrogens with one attached hydrogen (secondary N) is 1. The molecule has 2 aromatic carbocycles. The van der Waals surface area contributed by atoms with E-state index in [2.05, 4.69) is 5.32 Å². The number of benzene rings is 2. The Morgan fingerprint density at radius 1 is 1.28 bits per heavy atom. The molecule has 1 saturated heterocycles. The molecule has 0 bridgehead atoms. The first-order valence-corrected chi connectivity index (χ1v) is 7.98. The van der Waals surface area contributed by atoms with Crippen LogP contribution in [0.15, 0.2) is 48.5 Å². The summed E-state index contributed by atoms with van der Waals surface area (Å²) >= 11 is 0. The minimum Gasteiger partial charge on any atom is -0.502 e. The van der Waals surface area contributed by atoms with Gasteiger partial charge < -0.3 is 15.2 Å². The molecule has 0 saturated carbocycles. The van der Waals surface area contributed by atoms with Crippen LogP contribution < -0.4 is 5.32 Å². The van der Waals surface area contributed by atoms with Crippen LogP contribution in [-0.4, -0.2) is 29.1 Å². The van der Waals surface area contributed by atoms with Gasteiger partial charge in [0.1, 0.15) is 0 Å². The van der Waals surface area contributed by atoms with Gasteiger partial charge in [-0.25, -0.2) is 0 Å². The van der Waals surface area contributed by atoms with Gasteiger partial charge in [0.25, 0.3) is 5.91 Å². The molecular formula is C18H18N2O5. The summed E-state index contributed by atoms with van der Waals surface area (Å²) in [5.41, 5.74) is 0.829. The number of ether oxygens (including phenoxy) is 1. The second-order valence-corrected chi connectivity index (χ2v) is 5.92. The van der Waals surface area contributed by atoms with E-state index in [9.17, 15) is 20.0 Å². The third-order valence-electron chi connectivity index (χ3n) is 4.30. The maximum atomic E-state index is 12.2. The van der Waals surface area contributed by atoms with Crippen molar-refractivity contribution in [3.05, 3.63) is 69.8 Å². The molecule has 3 rings (SSSR count). The zero-order valence-corrected chi connectivity index (χ0v) is 13.4. The molecule has 1 aliphatic heterocycles. The topological polar surface area (TPSA) is 102 Å². The quantitative estimate of drug-likeness (QED) is 0.642. The lowest BCUT2D eigenvalue weighted by molar-refractivity contribution is -0.385. The highest BCUT2D eigenvalue weighted by Crippen LogP contribution is 2.34. The number of phenolic OH excluding ortho intramolecular Hbond substituents is 1. The molecule has 2 N–H and O–H groups in total. The largest absolute Gasteiger partial charge is 0.502 e. The van der Waals surface area contributed by atoms with E-state index in [4.69, 9.17) is 4.74 Å². The summed E-state index contributed by atoms with van der Waals surface area (Å²) in [4.78, 5) is 22.3. The molecule has 1 heterocycles. The lowest BCUT2D eigenvalue weighted by Gasteiger charge is -2.19. The van der Waals surface area contributed by atoms with Crippen molar-refractivity contribution in [3.8, 4) is 5.75 Å². The molecule has 1 amide bonds. The Morgan fingerprint density at radius 3 is 2.72 bits per heavy atom. The Kier molecular flexibility index (Phi) is 4.95. The third kappa shape index (κ3) is 3.77. The van der Waals surface area contributed by atoms with Crippen LogP contribution in [-0.2, 0) is 4.74 Å². The molecule has 1 aliphatic rings. The molecule has 25 heavy (non-hydrogen) atoms. The number of carbonyl (C=O) groups excluding carboxylic acids is 1. The minimum absolute atomic E-state index is 0.0632. The Morgan fingerprint density at radius 2 is 2.04 bits per heavy atom. The molecule has 7 heteroatoms. The van der Waals surface area contributed by atoms with Crippen molar-refractivity contribution in [1.29, 1.82) is 0 Å². The van der Waals surface area contributed by atoms with Gasteiger partial charge in [0.05, 0.1) is 11.0 Å². The standard InChI is InChI=1S/C18H18N2O5/c21-16-10-13(6-7-15(16)20(23)24)18(22)19-11-14-8-9-25-17(14)12-4-2-1-3-5-12/h1-7,10,14,17,21H,8-9,11H2,(H,19,22)/t14-,17-/m1/s1. The predicted octanol–water partition coefficient (Wildman–Crippen LogP) is 2.81. The monoisotopic (exact) mass is 342 g/mol. The smallest absolute Gasteiger partial charge is 0.310 e. The summed E-state index contributed by atoms with van der Waals surface area (Å²) in [6.45, 7) is 1.06. The Bertz CT molecular complexity index is 778. The Labute approximate surface area is 144 Å². The summed E-state index contributed by atoms with van der Waals surface area (Å²) in [6.07, 6.45) is 0.775. The zero-order chi connectivity index (χ0) is 17.8. The maximum absolute atomic E-state index is 12.2. The van der Waals surface area contributed by atoms with Crippen LogP contribution in [0.3, 0.4) is 0 Å².